The fourth-order valence-electron chi connectivity index (χ4n) is 4.07. The Hall–Kier alpha value is -3.39. The Morgan fingerprint density at radius 3 is 2.78 bits per heavy atom. The van der Waals surface area contributed by atoms with Crippen LogP contribution in [0.5, 0.6) is 0 Å². The van der Waals surface area contributed by atoms with Crippen LogP contribution < -0.4 is 5.56 Å². The minimum absolute atomic E-state index is 0.00815. The van der Waals surface area contributed by atoms with E-state index in [2.05, 4.69) is 23.2 Å². The number of rotatable bonds is 3. The average molecular weight is 354 g/mol. The molecule has 0 amide bonds. The maximum absolute atomic E-state index is 12.7. The van der Waals surface area contributed by atoms with Gasteiger partial charge < -0.3 is 4.98 Å². The zero-order valence-electron chi connectivity index (χ0n) is 14.8. The molecule has 5 heteroatoms. The number of nitrogens with zero attached hydrogens (tertiary/aromatic N) is 3. The molecule has 0 saturated heterocycles. The normalized spacial score (nSPS) is 15.1. The second-order valence-corrected chi connectivity index (χ2v) is 7.14. The van der Waals surface area contributed by atoms with Crippen LogP contribution in [0.2, 0.25) is 0 Å². The third-order valence-corrected chi connectivity index (χ3v) is 5.44. The van der Waals surface area contributed by atoms with E-state index < -0.39 is 0 Å². The summed E-state index contributed by atoms with van der Waals surface area (Å²) >= 11 is 0. The predicted octanol–water partition coefficient (Wildman–Crippen LogP) is 3.48. The van der Waals surface area contributed by atoms with Crippen molar-refractivity contribution in [3.8, 4) is 6.07 Å². The van der Waals surface area contributed by atoms with Crippen molar-refractivity contribution in [2.24, 2.45) is 0 Å². The molecule has 0 radical (unpaired) electrons. The number of pyridine rings is 1. The topological polar surface area (TPSA) is 74.5 Å². The summed E-state index contributed by atoms with van der Waals surface area (Å²) < 4.78 is 1.87. The number of benzene rings is 1. The Balaban J connectivity index is 1.72. The molecule has 0 fully saturated rings. The second-order valence-electron chi connectivity index (χ2n) is 7.14. The number of nitriles is 1. The van der Waals surface area contributed by atoms with Gasteiger partial charge in [0.25, 0.3) is 5.56 Å². The Labute approximate surface area is 156 Å². The van der Waals surface area contributed by atoms with Crippen LogP contribution in [-0.4, -0.2) is 14.8 Å². The first-order chi connectivity index (χ1) is 13.2. The van der Waals surface area contributed by atoms with Gasteiger partial charge in [0, 0.05) is 16.5 Å². The lowest BCUT2D eigenvalue weighted by atomic mass is 9.89. The maximum Gasteiger partial charge on any atom is 0.253 e. The quantitative estimate of drug-likeness (QED) is 0.782. The van der Waals surface area contributed by atoms with Crippen molar-refractivity contribution in [1.29, 1.82) is 5.26 Å². The number of hydrogen-bond donors (Lipinski definition) is 1. The van der Waals surface area contributed by atoms with E-state index in [1.165, 1.54) is 0 Å². The van der Waals surface area contributed by atoms with Gasteiger partial charge in [0.05, 0.1) is 18.2 Å². The van der Waals surface area contributed by atoms with E-state index in [1.54, 1.807) is 6.07 Å². The number of fused-ring (bicyclic) bond motifs is 3. The molecule has 0 spiro atoms. The van der Waals surface area contributed by atoms with Crippen molar-refractivity contribution in [1.82, 2.24) is 14.8 Å². The van der Waals surface area contributed by atoms with E-state index in [1.807, 2.05) is 29.0 Å². The minimum Gasteiger partial charge on any atom is -0.307 e. The van der Waals surface area contributed by atoms with E-state index in [4.69, 9.17) is 10.4 Å². The second kappa shape index (κ2) is 6.10. The molecule has 0 bridgehead atoms. The highest BCUT2D eigenvalue weighted by molar-refractivity contribution is 5.96. The summed E-state index contributed by atoms with van der Waals surface area (Å²) in [5, 5.41) is 15.1. The summed E-state index contributed by atoms with van der Waals surface area (Å²) in [6.45, 7) is 0.512. The number of aromatic amines is 1. The Morgan fingerprint density at radius 1 is 1.22 bits per heavy atom. The van der Waals surface area contributed by atoms with Crippen LogP contribution in [0, 0.1) is 11.3 Å². The molecular weight excluding hydrogens is 336 g/mol. The molecule has 0 saturated carbocycles. The first kappa shape index (κ1) is 15.8. The van der Waals surface area contributed by atoms with Crippen LogP contribution >= 0.6 is 0 Å². The van der Waals surface area contributed by atoms with Gasteiger partial charge in [0.15, 0.2) is 0 Å². The molecule has 27 heavy (non-hydrogen) atoms. The lowest BCUT2D eigenvalue weighted by Crippen LogP contribution is -2.20. The highest BCUT2D eigenvalue weighted by atomic mass is 16.1. The van der Waals surface area contributed by atoms with E-state index in [0.717, 1.165) is 64.7 Å². The highest BCUT2D eigenvalue weighted by Gasteiger charge is 2.24. The monoisotopic (exact) mass is 354 g/mol. The predicted molar refractivity (Wildman–Crippen MR) is 104 cm³/mol. The largest absolute Gasteiger partial charge is 0.307 e. The summed E-state index contributed by atoms with van der Waals surface area (Å²) in [6, 6.07) is 9.69. The third kappa shape index (κ3) is 2.53. The molecule has 2 aromatic heterocycles. The zero-order chi connectivity index (χ0) is 18.4. The van der Waals surface area contributed by atoms with Crippen LogP contribution in [0.25, 0.3) is 16.6 Å². The lowest BCUT2D eigenvalue weighted by Gasteiger charge is -2.16. The highest BCUT2D eigenvalue weighted by Crippen LogP contribution is 2.33. The summed E-state index contributed by atoms with van der Waals surface area (Å²) in [5.74, 6) is 0. The van der Waals surface area contributed by atoms with Gasteiger partial charge in [-0.05, 0) is 48.9 Å². The van der Waals surface area contributed by atoms with E-state index >= 15 is 0 Å². The van der Waals surface area contributed by atoms with Crippen molar-refractivity contribution in [3.63, 3.8) is 0 Å². The van der Waals surface area contributed by atoms with E-state index in [0.29, 0.717) is 12.1 Å². The van der Waals surface area contributed by atoms with Crippen molar-refractivity contribution in [3.05, 3.63) is 80.8 Å². The molecule has 2 heterocycles. The Kier molecular flexibility index (Phi) is 3.58. The van der Waals surface area contributed by atoms with Gasteiger partial charge in [-0.25, -0.2) is 4.68 Å². The van der Waals surface area contributed by atoms with Crippen LogP contribution in [-0.2, 0) is 19.4 Å². The number of nitrogens with one attached hydrogen (secondary N) is 1. The molecule has 0 unspecified atom stereocenters. The van der Waals surface area contributed by atoms with Crippen molar-refractivity contribution < 1.29 is 0 Å². The molecule has 2 aliphatic carbocycles. The number of aryl methyl sites for hydroxylation is 1. The van der Waals surface area contributed by atoms with Crippen molar-refractivity contribution in [2.45, 2.75) is 32.2 Å². The molecule has 5 nitrogen and oxygen atoms in total. The molecule has 0 aliphatic heterocycles. The number of allylic oxidation sites excluding steroid dienone is 4. The molecular formula is C22H18N4O. The third-order valence-electron chi connectivity index (χ3n) is 5.44. The standard InChI is InChI=1S/C22H18N4O/c23-12-14-5-3-6-15(11-14)13-26-21-19(20(25-26)16-7-4-8-16)17-9-1-2-10-18(17)22(27)24-21/h3-8,11H,1-2,9-10,13H2,(H,24,27). The maximum atomic E-state index is 12.7. The van der Waals surface area contributed by atoms with Crippen molar-refractivity contribution in [2.75, 3.05) is 0 Å². The first-order valence-electron chi connectivity index (χ1n) is 9.27. The summed E-state index contributed by atoms with van der Waals surface area (Å²) in [7, 11) is 0. The van der Waals surface area contributed by atoms with Gasteiger partial charge >= 0.3 is 0 Å². The molecule has 2 aliphatic rings. The van der Waals surface area contributed by atoms with Crippen LogP contribution in [0.3, 0.4) is 0 Å². The number of aromatic nitrogens is 3. The Morgan fingerprint density at radius 2 is 2.04 bits per heavy atom. The molecule has 1 N–H and O–H groups in total. The molecule has 5 rings (SSSR count). The SMILES string of the molecule is N#Cc1cccc(Cn2nc(C3=CC=C3)c3c4c(c(=O)[nH]c32)CCCC4)c1. The summed E-state index contributed by atoms with van der Waals surface area (Å²) in [5.41, 5.74) is 6.52. The number of H-pyrrole nitrogens is 1. The van der Waals surface area contributed by atoms with Crippen LogP contribution in [0.15, 0.2) is 47.3 Å². The van der Waals surface area contributed by atoms with Gasteiger partial charge in [0.1, 0.15) is 11.3 Å². The van der Waals surface area contributed by atoms with E-state index in [-0.39, 0.29) is 5.56 Å². The van der Waals surface area contributed by atoms with Crippen LogP contribution in [0.4, 0.5) is 0 Å². The lowest BCUT2D eigenvalue weighted by molar-refractivity contribution is 0.678. The van der Waals surface area contributed by atoms with Crippen molar-refractivity contribution >= 4 is 16.6 Å². The molecule has 1 aromatic carbocycles. The Bertz CT molecular complexity index is 1230. The zero-order valence-corrected chi connectivity index (χ0v) is 14.8. The van der Waals surface area contributed by atoms with E-state index in [9.17, 15) is 4.79 Å². The van der Waals surface area contributed by atoms with Crippen LogP contribution in [0.1, 0.15) is 40.8 Å². The van der Waals surface area contributed by atoms with Gasteiger partial charge in [-0.2, -0.15) is 10.4 Å². The minimum atomic E-state index is 0.00815. The fraction of sp³-hybridized carbons (Fsp3) is 0.227. The summed E-state index contributed by atoms with van der Waals surface area (Å²) in [4.78, 5) is 15.8. The van der Waals surface area contributed by atoms with Gasteiger partial charge in [-0.3, -0.25) is 4.79 Å². The first-order valence-corrected chi connectivity index (χ1v) is 9.27. The fourth-order valence-corrected chi connectivity index (χ4v) is 4.07. The van der Waals surface area contributed by atoms with Gasteiger partial charge in [-0.15, -0.1) is 0 Å². The summed E-state index contributed by atoms with van der Waals surface area (Å²) in [6.07, 6.45) is 10.1. The number of hydrogen-bond acceptors (Lipinski definition) is 3. The smallest absolute Gasteiger partial charge is 0.253 e. The molecule has 3 aromatic rings. The molecule has 132 valence electrons. The van der Waals surface area contributed by atoms with Gasteiger partial charge in [0.2, 0.25) is 0 Å². The average Bonchev–Trinajstić information content (AvgIpc) is 2.98. The van der Waals surface area contributed by atoms with Gasteiger partial charge in [-0.1, -0.05) is 30.4 Å². The molecule has 0 atom stereocenters.